The molecule has 1 unspecified atom stereocenters. The number of likely N-dealkylation sites (N-methyl/N-ethyl adjacent to an activating group) is 1. The summed E-state index contributed by atoms with van der Waals surface area (Å²) in [5.41, 5.74) is 2.69. The number of benzene rings is 1. The van der Waals surface area contributed by atoms with Gasteiger partial charge >= 0.3 is 0 Å². The molecule has 0 amide bonds. The molecule has 1 atom stereocenters. The number of anilines is 1. The van der Waals surface area contributed by atoms with E-state index in [1.54, 1.807) is 0 Å². The van der Waals surface area contributed by atoms with E-state index in [4.69, 9.17) is 4.74 Å². The van der Waals surface area contributed by atoms with E-state index in [1.165, 1.54) is 11.3 Å². The van der Waals surface area contributed by atoms with Crippen LogP contribution in [0, 0.1) is 0 Å². The Labute approximate surface area is 104 Å². The van der Waals surface area contributed by atoms with Gasteiger partial charge in [0.15, 0.2) is 0 Å². The molecule has 1 aromatic carbocycles. The monoisotopic (exact) mass is 234 g/mol. The quantitative estimate of drug-likeness (QED) is 0.843. The topological polar surface area (TPSA) is 24.5 Å². The lowest BCUT2D eigenvalue weighted by atomic mass is 10.1. The van der Waals surface area contributed by atoms with Crippen LogP contribution in [-0.2, 0) is 11.3 Å². The second kappa shape index (κ2) is 6.03. The zero-order valence-corrected chi connectivity index (χ0v) is 10.8. The fraction of sp³-hybridized carbons (Fsp3) is 0.571. The molecule has 1 heterocycles. The summed E-state index contributed by atoms with van der Waals surface area (Å²) < 4.78 is 5.46. The third-order valence-electron chi connectivity index (χ3n) is 3.39. The molecule has 1 aliphatic heterocycles. The fourth-order valence-corrected chi connectivity index (χ4v) is 2.29. The number of nitrogens with one attached hydrogen (secondary N) is 1. The highest BCUT2D eigenvalue weighted by molar-refractivity contribution is 5.54. The average molecular weight is 234 g/mol. The Balaban J connectivity index is 2.12. The molecular formula is C14H22N2O. The van der Waals surface area contributed by atoms with Crippen LogP contribution in [0.4, 0.5) is 5.69 Å². The molecule has 0 aliphatic carbocycles. The number of para-hydroxylation sites is 1. The highest BCUT2D eigenvalue weighted by Gasteiger charge is 2.21. The van der Waals surface area contributed by atoms with Crippen molar-refractivity contribution in [3.05, 3.63) is 29.8 Å². The molecule has 94 valence electrons. The van der Waals surface area contributed by atoms with Gasteiger partial charge in [-0.05, 0) is 24.6 Å². The minimum atomic E-state index is 0.526. The van der Waals surface area contributed by atoms with Crippen LogP contribution in [0.1, 0.15) is 18.9 Å². The predicted molar refractivity (Wildman–Crippen MR) is 71.4 cm³/mol. The van der Waals surface area contributed by atoms with Crippen LogP contribution in [-0.4, -0.2) is 32.8 Å². The maximum Gasteiger partial charge on any atom is 0.0670 e. The van der Waals surface area contributed by atoms with Crippen molar-refractivity contribution in [2.24, 2.45) is 0 Å². The largest absolute Gasteiger partial charge is 0.379 e. The summed E-state index contributed by atoms with van der Waals surface area (Å²) in [7, 11) is 2.17. The third-order valence-corrected chi connectivity index (χ3v) is 3.39. The Kier molecular flexibility index (Phi) is 4.40. The zero-order valence-electron chi connectivity index (χ0n) is 10.8. The molecule has 3 heteroatoms. The molecule has 1 N–H and O–H groups in total. The van der Waals surface area contributed by atoms with Crippen LogP contribution >= 0.6 is 0 Å². The van der Waals surface area contributed by atoms with Gasteiger partial charge in [0.2, 0.25) is 0 Å². The summed E-state index contributed by atoms with van der Waals surface area (Å²) in [4.78, 5) is 2.36. The smallest absolute Gasteiger partial charge is 0.0670 e. The van der Waals surface area contributed by atoms with Gasteiger partial charge in [0.25, 0.3) is 0 Å². The molecule has 1 aromatic rings. The first-order valence-corrected chi connectivity index (χ1v) is 6.42. The van der Waals surface area contributed by atoms with Gasteiger partial charge in [-0.1, -0.05) is 25.1 Å². The summed E-state index contributed by atoms with van der Waals surface area (Å²) in [5, 5.41) is 3.39. The molecule has 2 rings (SSSR count). The molecule has 1 aliphatic rings. The first-order valence-electron chi connectivity index (χ1n) is 6.42. The van der Waals surface area contributed by atoms with Crippen molar-refractivity contribution in [3.63, 3.8) is 0 Å². The van der Waals surface area contributed by atoms with E-state index in [0.29, 0.717) is 6.04 Å². The minimum absolute atomic E-state index is 0.526. The van der Waals surface area contributed by atoms with E-state index >= 15 is 0 Å². The lowest BCUT2D eigenvalue weighted by molar-refractivity contribution is 0.193. The van der Waals surface area contributed by atoms with E-state index in [-0.39, 0.29) is 0 Å². The van der Waals surface area contributed by atoms with Gasteiger partial charge in [-0.15, -0.1) is 0 Å². The van der Waals surface area contributed by atoms with Gasteiger partial charge in [-0.3, -0.25) is 0 Å². The maximum atomic E-state index is 5.46. The van der Waals surface area contributed by atoms with Crippen molar-refractivity contribution < 1.29 is 4.74 Å². The van der Waals surface area contributed by atoms with Gasteiger partial charge in [0.05, 0.1) is 12.6 Å². The minimum Gasteiger partial charge on any atom is -0.379 e. The fourth-order valence-electron chi connectivity index (χ4n) is 2.29. The molecule has 0 bridgehead atoms. The molecular weight excluding hydrogens is 212 g/mol. The van der Waals surface area contributed by atoms with Gasteiger partial charge in [0, 0.05) is 25.9 Å². The number of ether oxygens (including phenoxy) is 1. The Morgan fingerprint density at radius 1 is 1.41 bits per heavy atom. The van der Waals surface area contributed by atoms with E-state index < -0.39 is 0 Å². The van der Waals surface area contributed by atoms with Crippen molar-refractivity contribution in [2.45, 2.75) is 25.9 Å². The van der Waals surface area contributed by atoms with E-state index in [1.807, 2.05) is 0 Å². The van der Waals surface area contributed by atoms with Gasteiger partial charge < -0.3 is 15.0 Å². The third kappa shape index (κ3) is 2.99. The Bertz CT molecular complexity index is 348. The van der Waals surface area contributed by atoms with Crippen molar-refractivity contribution in [2.75, 3.05) is 31.7 Å². The summed E-state index contributed by atoms with van der Waals surface area (Å²) in [6.45, 7) is 5.82. The van der Waals surface area contributed by atoms with Crippen LogP contribution < -0.4 is 10.2 Å². The standard InChI is InChI=1S/C14H22N2O/c1-3-15-10-12-6-4-5-7-14(12)16(2)13-8-9-17-11-13/h4-7,13,15H,3,8-11H2,1-2H3. The number of hydrogen-bond acceptors (Lipinski definition) is 3. The van der Waals surface area contributed by atoms with Crippen LogP contribution in [0.3, 0.4) is 0 Å². The highest BCUT2D eigenvalue weighted by Crippen LogP contribution is 2.24. The average Bonchev–Trinajstić information content (AvgIpc) is 2.89. The normalized spacial score (nSPS) is 19.5. The summed E-state index contributed by atoms with van der Waals surface area (Å²) in [6.07, 6.45) is 1.13. The molecule has 0 aromatic heterocycles. The first-order chi connectivity index (χ1) is 8.33. The highest BCUT2D eigenvalue weighted by atomic mass is 16.5. The van der Waals surface area contributed by atoms with Crippen LogP contribution in [0.5, 0.6) is 0 Å². The molecule has 0 saturated carbocycles. The second-order valence-corrected chi connectivity index (χ2v) is 4.54. The summed E-state index contributed by atoms with van der Waals surface area (Å²) >= 11 is 0. The molecule has 1 fully saturated rings. The van der Waals surface area contributed by atoms with Gasteiger partial charge in [-0.2, -0.15) is 0 Å². The molecule has 3 nitrogen and oxygen atoms in total. The summed E-state index contributed by atoms with van der Waals surface area (Å²) in [5.74, 6) is 0. The maximum absolute atomic E-state index is 5.46. The van der Waals surface area contributed by atoms with Crippen LogP contribution in [0.25, 0.3) is 0 Å². The summed E-state index contributed by atoms with van der Waals surface area (Å²) in [6, 6.07) is 9.14. The Hall–Kier alpha value is -1.06. The number of nitrogens with zero attached hydrogens (tertiary/aromatic N) is 1. The molecule has 1 saturated heterocycles. The first kappa shape index (κ1) is 12.4. The second-order valence-electron chi connectivity index (χ2n) is 4.54. The van der Waals surface area contributed by atoms with Crippen molar-refractivity contribution in [1.82, 2.24) is 5.32 Å². The van der Waals surface area contributed by atoms with E-state index in [0.717, 1.165) is 32.7 Å². The van der Waals surface area contributed by atoms with Crippen molar-refractivity contribution in [1.29, 1.82) is 0 Å². The zero-order chi connectivity index (χ0) is 12.1. The van der Waals surface area contributed by atoms with Crippen LogP contribution in [0.2, 0.25) is 0 Å². The van der Waals surface area contributed by atoms with E-state index in [2.05, 4.69) is 48.5 Å². The molecule has 0 spiro atoms. The van der Waals surface area contributed by atoms with Gasteiger partial charge in [-0.25, -0.2) is 0 Å². The van der Waals surface area contributed by atoms with Crippen molar-refractivity contribution >= 4 is 5.69 Å². The molecule has 0 radical (unpaired) electrons. The lowest BCUT2D eigenvalue weighted by Crippen LogP contribution is -2.33. The van der Waals surface area contributed by atoms with Crippen molar-refractivity contribution in [3.8, 4) is 0 Å². The Morgan fingerprint density at radius 2 is 2.24 bits per heavy atom. The molecule has 17 heavy (non-hydrogen) atoms. The number of rotatable bonds is 5. The van der Waals surface area contributed by atoms with Gasteiger partial charge in [0.1, 0.15) is 0 Å². The van der Waals surface area contributed by atoms with Crippen LogP contribution in [0.15, 0.2) is 24.3 Å². The predicted octanol–water partition coefficient (Wildman–Crippen LogP) is 2.02. The Morgan fingerprint density at radius 3 is 2.94 bits per heavy atom. The van der Waals surface area contributed by atoms with E-state index in [9.17, 15) is 0 Å². The number of hydrogen-bond donors (Lipinski definition) is 1. The SMILES string of the molecule is CCNCc1ccccc1N(C)C1CCOC1. The lowest BCUT2D eigenvalue weighted by Gasteiger charge is -2.27.